The highest BCUT2D eigenvalue weighted by molar-refractivity contribution is 5.74. The summed E-state index contributed by atoms with van der Waals surface area (Å²) < 4.78 is 114. The van der Waals surface area contributed by atoms with Gasteiger partial charge in [-0.3, -0.25) is 0 Å². The molecular weight excluding hydrogens is 457 g/mol. The van der Waals surface area contributed by atoms with Crippen molar-refractivity contribution in [3.63, 3.8) is 0 Å². The Hall–Kier alpha value is -2.77. The third kappa shape index (κ3) is 5.95. The lowest BCUT2D eigenvalue weighted by atomic mass is 9.65. The maximum Gasteiger partial charge on any atom is 0.332 e. The lowest BCUT2D eigenvalue weighted by molar-refractivity contribution is -0.172. The number of para-hydroxylation sites is 2. The molecule has 0 aliphatic heterocycles. The van der Waals surface area contributed by atoms with E-state index in [0.717, 1.165) is 17.0 Å². The van der Waals surface area contributed by atoms with E-state index in [2.05, 4.69) is 9.97 Å². The van der Waals surface area contributed by atoms with Crippen LogP contribution < -0.4 is 0 Å². The van der Waals surface area contributed by atoms with Gasteiger partial charge in [0, 0.05) is 46.1 Å². The highest BCUT2D eigenvalue weighted by Crippen LogP contribution is 2.48. The maximum absolute atomic E-state index is 14.4. The Morgan fingerprint density at radius 1 is 1.36 bits per heavy atom. The molecule has 0 spiro atoms. The number of nitrogens with one attached hydrogen (secondary N) is 1. The Morgan fingerprint density at radius 2 is 2.17 bits per heavy atom. The SMILES string of the molecule is [2H]C([2H])(c1nc2ccccc2[nH]1)C([2H])([2H])C([2H])([2H])N(C)CC[C@]1(OC(=O)COC)[C@@H](C(C)C)c2ccc(F)cc2C([2H])([2H])C1([2H])[2H]. The number of hydrogen-bond donors (Lipinski definition) is 1. The Bertz CT molecular complexity index is 1570. The molecule has 7 heteroatoms. The van der Waals surface area contributed by atoms with Crippen LogP contribution in [0.25, 0.3) is 11.0 Å². The van der Waals surface area contributed by atoms with Crippen molar-refractivity contribution in [2.45, 2.75) is 57.3 Å². The number of esters is 1. The molecule has 0 fully saturated rings. The number of rotatable bonds is 11. The molecule has 0 unspecified atom stereocenters. The van der Waals surface area contributed by atoms with Gasteiger partial charge in [0.15, 0.2) is 0 Å². The number of aromatic amines is 1. The van der Waals surface area contributed by atoms with Crippen molar-refractivity contribution in [1.82, 2.24) is 14.9 Å². The highest BCUT2D eigenvalue weighted by Gasteiger charge is 2.47. The second-order valence-electron chi connectivity index (χ2n) is 9.14. The standard InChI is InChI=1S/C29H38FN3O3/c1-20(2)28-23-12-11-22(30)18-21(23)13-14-29(28,36-27(34)19-35-4)15-17-33(3)16-7-10-26-31-24-8-5-6-9-25(24)32-26/h5-6,8-9,11-12,18,20,28H,7,10,13-17,19H2,1-4H3,(H,31,32)/t28-,29-/m0/s1/i7D2,10D2,13D2,14D2,16D2. The molecule has 6 nitrogen and oxygen atoms in total. The number of hydrogen-bond acceptors (Lipinski definition) is 5. The summed E-state index contributed by atoms with van der Waals surface area (Å²) in [6, 6.07) is 9.92. The van der Waals surface area contributed by atoms with E-state index in [-0.39, 0.29) is 11.1 Å². The summed E-state index contributed by atoms with van der Waals surface area (Å²) in [6.07, 6.45) is -12.7. The Morgan fingerprint density at radius 3 is 2.92 bits per heavy atom. The largest absolute Gasteiger partial charge is 0.457 e. The van der Waals surface area contributed by atoms with E-state index in [9.17, 15) is 9.18 Å². The normalized spacial score (nSPS) is 27.8. The van der Waals surface area contributed by atoms with Crippen LogP contribution in [0.5, 0.6) is 0 Å². The van der Waals surface area contributed by atoms with E-state index in [4.69, 9.17) is 23.2 Å². The number of fused-ring (bicyclic) bond motifs is 2. The first-order valence-corrected chi connectivity index (χ1v) is 11.8. The number of ether oxygens (including phenoxy) is 2. The summed E-state index contributed by atoms with van der Waals surface area (Å²) >= 11 is 0. The first-order valence-electron chi connectivity index (χ1n) is 16.8. The van der Waals surface area contributed by atoms with Crippen LogP contribution in [0, 0.1) is 11.7 Å². The van der Waals surface area contributed by atoms with Crippen molar-refractivity contribution in [1.29, 1.82) is 0 Å². The minimum absolute atomic E-state index is 0.212. The molecule has 1 heterocycles. The number of carbonyl (C=O) groups excluding carboxylic acids is 1. The van der Waals surface area contributed by atoms with Gasteiger partial charge >= 0.3 is 5.97 Å². The van der Waals surface area contributed by atoms with E-state index in [1.807, 2.05) is 0 Å². The quantitative estimate of drug-likeness (QED) is 0.360. The van der Waals surface area contributed by atoms with E-state index >= 15 is 0 Å². The molecule has 3 aromatic rings. The van der Waals surface area contributed by atoms with Gasteiger partial charge in [0.2, 0.25) is 0 Å². The average molecular weight is 506 g/mol. The summed E-state index contributed by atoms with van der Waals surface area (Å²) in [6.45, 7) is -0.770. The molecule has 4 rings (SSSR count). The summed E-state index contributed by atoms with van der Waals surface area (Å²) in [4.78, 5) is 20.7. The molecule has 0 bridgehead atoms. The van der Waals surface area contributed by atoms with E-state index in [0.29, 0.717) is 11.0 Å². The summed E-state index contributed by atoms with van der Waals surface area (Å²) in [5.41, 5.74) is -1.56. The van der Waals surface area contributed by atoms with Gasteiger partial charge in [-0.05, 0) is 74.0 Å². The minimum Gasteiger partial charge on any atom is -0.457 e. The molecule has 1 aliphatic rings. The van der Waals surface area contributed by atoms with Gasteiger partial charge < -0.3 is 19.4 Å². The average Bonchev–Trinajstić information content (AvgIpc) is 3.40. The van der Waals surface area contributed by atoms with Crippen LogP contribution in [0.4, 0.5) is 4.39 Å². The lowest BCUT2D eigenvalue weighted by Crippen LogP contribution is -2.49. The van der Waals surface area contributed by atoms with Crippen LogP contribution in [0.1, 0.15) is 69.6 Å². The van der Waals surface area contributed by atoms with Gasteiger partial charge in [0.25, 0.3) is 0 Å². The molecule has 1 aliphatic carbocycles. The first kappa shape index (κ1) is 16.2. The van der Waals surface area contributed by atoms with Crippen molar-refractivity contribution in [2.24, 2.45) is 5.92 Å². The zero-order valence-electron chi connectivity index (χ0n) is 30.8. The molecule has 2 aromatic carbocycles. The van der Waals surface area contributed by atoms with Crippen LogP contribution in [-0.2, 0) is 27.0 Å². The lowest BCUT2D eigenvalue weighted by Gasteiger charge is -2.47. The summed E-state index contributed by atoms with van der Waals surface area (Å²) in [5, 5.41) is 0. The van der Waals surface area contributed by atoms with Gasteiger partial charge in [0.05, 0.1) is 11.0 Å². The zero-order chi connectivity index (χ0) is 34.7. The minimum atomic E-state index is -3.26. The van der Waals surface area contributed by atoms with E-state index in [1.165, 1.54) is 20.2 Å². The number of benzene rings is 2. The third-order valence-electron chi connectivity index (χ3n) is 6.12. The molecule has 194 valence electrons. The summed E-state index contributed by atoms with van der Waals surface area (Å²) in [7, 11) is 2.40. The van der Waals surface area contributed by atoms with Gasteiger partial charge in [-0.1, -0.05) is 32.0 Å². The fraction of sp³-hybridized carbons (Fsp3) is 0.517. The molecule has 1 N–H and O–H groups in total. The van der Waals surface area contributed by atoms with E-state index in [1.54, 1.807) is 38.1 Å². The van der Waals surface area contributed by atoms with Crippen LogP contribution in [0.2, 0.25) is 0 Å². The second-order valence-corrected chi connectivity index (χ2v) is 9.14. The van der Waals surface area contributed by atoms with Gasteiger partial charge in [-0.15, -0.1) is 0 Å². The monoisotopic (exact) mass is 505 g/mol. The Balaban J connectivity index is 1.79. The van der Waals surface area contributed by atoms with E-state index < -0.39 is 86.6 Å². The maximum atomic E-state index is 14.4. The third-order valence-corrected chi connectivity index (χ3v) is 6.12. The molecule has 2 atom stereocenters. The topological polar surface area (TPSA) is 67.5 Å². The highest BCUT2D eigenvalue weighted by atomic mass is 19.1. The molecule has 0 amide bonds. The number of H-pyrrole nitrogens is 1. The smallest absolute Gasteiger partial charge is 0.332 e. The number of methoxy groups -OCH3 is 1. The van der Waals surface area contributed by atoms with Gasteiger partial charge in [0.1, 0.15) is 23.8 Å². The number of nitrogens with zero attached hydrogens (tertiary/aromatic N) is 2. The second kappa shape index (κ2) is 11.5. The number of aromatic nitrogens is 2. The van der Waals surface area contributed by atoms with Crippen LogP contribution in [-0.4, -0.2) is 60.2 Å². The fourth-order valence-electron chi connectivity index (χ4n) is 4.60. The molecule has 0 radical (unpaired) electrons. The van der Waals surface area contributed by atoms with Crippen molar-refractivity contribution in [3.8, 4) is 0 Å². The van der Waals surface area contributed by atoms with Crippen LogP contribution in [0.15, 0.2) is 42.5 Å². The van der Waals surface area contributed by atoms with Crippen molar-refractivity contribution in [3.05, 3.63) is 65.2 Å². The number of carbonyl (C=O) groups is 1. The summed E-state index contributed by atoms with van der Waals surface area (Å²) in [5.74, 6) is -3.79. The van der Waals surface area contributed by atoms with Crippen LogP contribution in [0.3, 0.4) is 0 Å². The predicted octanol–water partition coefficient (Wildman–Crippen LogP) is 5.27. The van der Waals surface area contributed by atoms with Crippen molar-refractivity contribution in [2.75, 3.05) is 33.8 Å². The number of halogens is 1. The number of aryl methyl sites for hydroxylation is 2. The van der Waals surface area contributed by atoms with Gasteiger partial charge in [-0.25, -0.2) is 14.2 Å². The predicted molar refractivity (Wildman–Crippen MR) is 140 cm³/mol. The Labute approximate surface area is 227 Å². The molecular formula is C29H38FN3O3. The van der Waals surface area contributed by atoms with Gasteiger partial charge in [-0.2, -0.15) is 0 Å². The zero-order valence-corrected chi connectivity index (χ0v) is 20.8. The first-order chi connectivity index (χ1) is 21.1. The molecule has 0 saturated carbocycles. The Kier molecular flexibility index (Phi) is 5.17. The molecule has 36 heavy (non-hydrogen) atoms. The molecule has 0 saturated heterocycles. The van der Waals surface area contributed by atoms with Crippen molar-refractivity contribution >= 4 is 17.0 Å². The fourth-order valence-corrected chi connectivity index (χ4v) is 4.60. The molecule has 1 aromatic heterocycles. The number of imidazole rings is 1. The van der Waals surface area contributed by atoms with Crippen molar-refractivity contribution < 1.29 is 32.4 Å². The van der Waals surface area contributed by atoms with Crippen LogP contribution >= 0.6 is 0 Å².